The van der Waals surface area contributed by atoms with Gasteiger partial charge in [-0.25, -0.2) is 8.78 Å². The van der Waals surface area contributed by atoms with Crippen molar-refractivity contribution >= 4 is 5.82 Å². The largest absolute Gasteiger partial charge is 0.390 e. The minimum Gasteiger partial charge on any atom is -0.358 e. The Morgan fingerprint density at radius 2 is 2.12 bits per heavy atom. The number of alkyl halides is 2. The Hall–Kier alpha value is -1.53. The summed E-state index contributed by atoms with van der Waals surface area (Å²) in [6.45, 7) is 1.70. The van der Waals surface area contributed by atoms with Gasteiger partial charge < -0.3 is 10.1 Å². The van der Waals surface area contributed by atoms with Crippen molar-refractivity contribution in [2.24, 2.45) is 0 Å². The molecule has 94 valence electrons. The zero-order valence-electron chi connectivity index (χ0n) is 9.40. The van der Waals surface area contributed by atoms with Crippen molar-refractivity contribution in [2.45, 2.75) is 44.6 Å². The van der Waals surface area contributed by atoms with Crippen LogP contribution in [0, 0.1) is 17.0 Å². The van der Waals surface area contributed by atoms with Crippen LogP contribution < -0.4 is 0 Å². The second-order valence-corrected chi connectivity index (χ2v) is 4.43. The van der Waals surface area contributed by atoms with Crippen LogP contribution in [-0.4, -0.2) is 20.6 Å². The van der Waals surface area contributed by atoms with E-state index >= 15 is 0 Å². The third-order valence-corrected chi connectivity index (χ3v) is 3.13. The first kappa shape index (κ1) is 11.9. The highest BCUT2D eigenvalue weighted by Gasteiger charge is 2.37. The highest BCUT2D eigenvalue weighted by atomic mass is 19.3. The fraction of sp³-hybridized carbons (Fsp3) is 0.700. The normalized spacial score (nSPS) is 20.4. The predicted octanol–water partition coefficient (Wildman–Crippen LogP) is 2.85. The average molecular weight is 245 g/mol. The van der Waals surface area contributed by atoms with Crippen molar-refractivity contribution in [3.8, 4) is 0 Å². The molecule has 0 atom stereocenters. The Morgan fingerprint density at radius 3 is 2.59 bits per heavy atom. The Morgan fingerprint density at radius 1 is 1.53 bits per heavy atom. The lowest BCUT2D eigenvalue weighted by atomic mass is 9.92. The van der Waals surface area contributed by atoms with Crippen LogP contribution in [0.25, 0.3) is 0 Å². The Kier molecular flexibility index (Phi) is 2.84. The lowest BCUT2D eigenvalue weighted by molar-refractivity contribution is -0.389. The molecule has 0 aliphatic heterocycles. The SMILES string of the molecule is Cc1cc([N+](=O)[O-])nn1C1CCC(F)(F)CC1. The minimum atomic E-state index is -2.59. The van der Waals surface area contributed by atoms with E-state index in [2.05, 4.69) is 5.10 Å². The topological polar surface area (TPSA) is 61.0 Å². The third-order valence-electron chi connectivity index (χ3n) is 3.13. The molecule has 1 saturated carbocycles. The number of aryl methyl sites for hydroxylation is 1. The number of hydrogen-bond acceptors (Lipinski definition) is 3. The van der Waals surface area contributed by atoms with Gasteiger partial charge in [0, 0.05) is 12.8 Å². The van der Waals surface area contributed by atoms with Gasteiger partial charge >= 0.3 is 5.82 Å². The van der Waals surface area contributed by atoms with Crippen LogP contribution in [-0.2, 0) is 0 Å². The van der Waals surface area contributed by atoms with Gasteiger partial charge in [-0.2, -0.15) is 4.68 Å². The maximum atomic E-state index is 13.0. The van der Waals surface area contributed by atoms with Gasteiger partial charge in [0.25, 0.3) is 0 Å². The Labute approximate surface area is 96.6 Å². The van der Waals surface area contributed by atoms with E-state index in [-0.39, 0.29) is 24.7 Å². The monoisotopic (exact) mass is 245 g/mol. The molecule has 17 heavy (non-hydrogen) atoms. The van der Waals surface area contributed by atoms with Gasteiger partial charge in [-0.3, -0.25) is 0 Å². The summed E-state index contributed by atoms with van der Waals surface area (Å²) < 4.78 is 27.5. The standard InChI is InChI=1S/C10H13F2N3O2/c1-7-6-9(15(16)17)13-14(7)8-2-4-10(11,12)5-3-8/h6,8H,2-5H2,1H3. The molecule has 1 aromatic rings. The molecule has 0 radical (unpaired) electrons. The zero-order valence-corrected chi connectivity index (χ0v) is 9.40. The molecule has 0 aromatic carbocycles. The second-order valence-electron chi connectivity index (χ2n) is 4.43. The third kappa shape index (κ3) is 2.42. The highest BCUT2D eigenvalue weighted by Crippen LogP contribution is 2.38. The van der Waals surface area contributed by atoms with Gasteiger partial charge in [0.15, 0.2) is 0 Å². The zero-order chi connectivity index (χ0) is 12.6. The average Bonchev–Trinajstić information content (AvgIpc) is 2.61. The smallest absolute Gasteiger partial charge is 0.358 e. The number of nitrogens with zero attached hydrogens (tertiary/aromatic N) is 3. The van der Waals surface area contributed by atoms with E-state index in [1.807, 2.05) is 0 Å². The summed E-state index contributed by atoms with van der Waals surface area (Å²) in [5.74, 6) is -2.82. The molecule has 5 nitrogen and oxygen atoms in total. The molecule has 1 heterocycles. The molecular weight excluding hydrogens is 232 g/mol. The Bertz CT molecular complexity index is 435. The second kappa shape index (κ2) is 4.05. The Balaban J connectivity index is 2.16. The van der Waals surface area contributed by atoms with Crippen molar-refractivity contribution in [3.63, 3.8) is 0 Å². The molecule has 0 bridgehead atoms. The van der Waals surface area contributed by atoms with Crippen LogP contribution in [0.3, 0.4) is 0 Å². The van der Waals surface area contributed by atoms with Crippen LogP contribution in [0.4, 0.5) is 14.6 Å². The molecule has 1 aliphatic carbocycles. The number of halogens is 2. The summed E-state index contributed by atoms with van der Waals surface area (Å²) in [6.07, 6.45) is 0.273. The quantitative estimate of drug-likeness (QED) is 0.594. The lowest BCUT2D eigenvalue weighted by Gasteiger charge is -2.27. The van der Waals surface area contributed by atoms with Crippen LogP contribution in [0.2, 0.25) is 0 Å². The summed E-state index contributed by atoms with van der Waals surface area (Å²) in [7, 11) is 0. The fourth-order valence-electron chi connectivity index (χ4n) is 2.20. The van der Waals surface area contributed by atoms with Crippen molar-refractivity contribution in [1.82, 2.24) is 9.78 Å². The first-order valence-corrected chi connectivity index (χ1v) is 5.47. The van der Waals surface area contributed by atoms with E-state index in [0.717, 1.165) is 0 Å². The lowest BCUT2D eigenvalue weighted by Crippen LogP contribution is -2.27. The van der Waals surface area contributed by atoms with Crippen LogP contribution in [0.15, 0.2) is 6.07 Å². The fourth-order valence-corrected chi connectivity index (χ4v) is 2.20. The van der Waals surface area contributed by atoms with E-state index < -0.39 is 10.8 Å². The summed E-state index contributed by atoms with van der Waals surface area (Å²) in [6, 6.07) is 1.22. The van der Waals surface area contributed by atoms with Crippen LogP contribution in [0.5, 0.6) is 0 Å². The maximum absolute atomic E-state index is 13.0. The molecule has 1 aliphatic rings. The summed E-state index contributed by atoms with van der Waals surface area (Å²) >= 11 is 0. The van der Waals surface area contributed by atoms with Gasteiger partial charge in [-0.05, 0) is 24.7 Å². The van der Waals surface area contributed by atoms with E-state index in [4.69, 9.17) is 0 Å². The van der Waals surface area contributed by atoms with E-state index in [0.29, 0.717) is 18.5 Å². The molecular formula is C10H13F2N3O2. The van der Waals surface area contributed by atoms with E-state index in [1.165, 1.54) is 10.7 Å². The molecule has 0 spiro atoms. The maximum Gasteiger partial charge on any atom is 0.390 e. The van der Waals surface area contributed by atoms with Gasteiger partial charge in [0.05, 0.1) is 22.9 Å². The molecule has 0 unspecified atom stereocenters. The van der Waals surface area contributed by atoms with Crippen molar-refractivity contribution < 1.29 is 13.7 Å². The molecule has 0 amide bonds. The molecule has 1 aromatic heterocycles. The highest BCUT2D eigenvalue weighted by molar-refractivity contribution is 5.21. The first-order chi connectivity index (χ1) is 7.89. The molecule has 1 fully saturated rings. The summed E-state index contributed by atoms with van der Waals surface area (Å²) in [5, 5.41) is 14.4. The molecule has 2 rings (SSSR count). The van der Waals surface area contributed by atoms with Crippen molar-refractivity contribution in [1.29, 1.82) is 0 Å². The van der Waals surface area contributed by atoms with Crippen molar-refractivity contribution in [3.05, 3.63) is 21.9 Å². The van der Waals surface area contributed by atoms with Gasteiger partial charge in [0.2, 0.25) is 5.92 Å². The van der Waals surface area contributed by atoms with Gasteiger partial charge in [0.1, 0.15) is 0 Å². The van der Waals surface area contributed by atoms with Gasteiger partial charge in [-0.1, -0.05) is 0 Å². The molecule has 0 N–H and O–H groups in total. The number of nitro groups is 1. The number of rotatable bonds is 2. The molecule has 7 heteroatoms. The van der Waals surface area contributed by atoms with E-state index in [9.17, 15) is 18.9 Å². The predicted molar refractivity (Wildman–Crippen MR) is 56.1 cm³/mol. The minimum absolute atomic E-state index is 0.150. The number of aromatic nitrogens is 2. The van der Waals surface area contributed by atoms with Crippen molar-refractivity contribution in [2.75, 3.05) is 0 Å². The van der Waals surface area contributed by atoms with Crippen LogP contribution in [0.1, 0.15) is 37.4 Å². The summed E-state index contributed by atoms with van der Waals surface area (Å²) in [4.78, 5) is 9.99. The van der Waals surface area contributed by atoms with Crippen LogP contribution >= 0.6 is 0 Å². The van der Waals surface area contributed by atoms with E-state index in [1.54, 1.807) is 6.92 Å². The molecule has 0 saturated heterocycles. The van der Waals surface area contributed by atoms with Gasteiger partial charge in [-0.15, -0.1) is 0 Å². The number of hydrogen-bond donors (Lipinski definition) is 0. The summed E-state index contributed by atoms with van der Waals surface area (Å²) in [5.41, 5.74) is 0.645. The first-order valence-electron chi connectivity index (χ1n) is 5.47.